The van der Waals surface area contributed by atoms with Crippen molar-refractivity contribution in [1.29, 1.82) is 0 Å². The monoisotopic (exact) mass is 356 g/mol. The quantitative estimate of drug-likeness (QED) is 0.728. The first-order valence-electron chi connectivity index (χ1n) is 8.24. The first-order chi connectivity index (χ1) is 11.9. The lowest BCUT2D eigenvalue weighted by molar-refractivity contribution is 0.241. The Hall–Kier alpha value is -2.25. The van der Waals surface area contributed by atoms with Crippen molar-refractivity contribution in [1.82, 2.24) is 19.9 Å². The van der Waals surface area contributed by atoms with Gasteiger partial charge >= 0.3 is 0 Å². The maximum atomic E-state index is 11.7. The molecule has 0 atom stereocenters. The SMILES string of the molecule is Cc1cccc2c(CN3CCc4cnc(S(C)(=O)=O)nc4C3)c[nH]c12. The molecule has 0 bridgehead atoms. The Labute approximate surface area is 146 Å². The molecule has 1 aliphatic heterocycles. The van der Waals surface area contributed by atoms with Gasteiger partial charge in [0.05, 0.1) is 5.69 Å². The summed E-state index contributed by atoms with van der Waals surface area (Å²) in [5.41, 5.74) is 5.52. The van der Waals surface area contributed by atoms with Crippen LogP contribution < -0.4 is 0 Å². The summed E-state index contributed by atoms with van der Waals surface area (Å²) < 4.78 is 23.4. The molecule has 6 nitrogen and oxygen atoms in total. The van der Waals surface area contributed by atoms with Crippen molar-refractivity contribution in [3.63, 3.8) is 0 Å². The lowest BCUT2D eigenvalue weighted by Gasteiger charge is -2.27. The van der Waals surface area contributed by atoms with Crippen molar-refractivity contribution in [3.05, 3.63) is 53.0 Å². The molecule has 0 amide bonds. The van der Waals surface area contributed by atoms with Crippen LogP contribution in [-0.4, -0.2) is 41.1 Å². The van der Waals surface area contributed by atoms with Crippen LogP contribution in [0.5, 0.6) is 0 Å². The number of nitrogens with one attached hydrogen (secondary N) is 1. The molecule has 25 heavy (non-hydrogen) atoms. The van der Waals surface area contributed by atoms with E-state index < -0.39 is 9.84 Å². The maximum absolute atomic E-state index is 11.7. The van der Waals surface area contributed by atoms with Crippen LogP contribution in [0.2, 0.25) is 0 Å². The highest BCUT2D eigenvalue weighted by molar-refractivity contribution is 7.90. The average Bonchev–Trinajstić information content (AvgIpc) is 2.98. The number of hydrogen-bond donors (Lipinski definition) is 1. The largest absolute Gasteiger partial charge is 0.361 e. The Bertz CT molecular complexity index is 1060. The fourth-order valence-electron chi connectivity index (χ4n) is 3.39. The number of aromatic nitrogens is 3. The number of sulfone groups is 1. The van der Waals surface area contributed by atoms with E-state index in [0.29, 0.717) is 6.54 Å². The summed E-state index contributed by atoms with van der Waals surface area (Å²) in [5.74, 6) is 0. The molecule has 2 aromatic heterocycles. The van der Waals surface area contributed by atoms with Crippen molar-refractivity contribution in [2.24, 2.45) is 0 Å². The minimum Gasteiger partial charge on any atom is -0.361 e. The van der Waals surface area contributed by atoms with Gasteiger partial charge in [-0.05, 0) is 30.0 Å². The van der Waals surface area contributed by atoms with Crippen molar-refractivity contribution in [2.45, 2.75) is 31.6 Å². The van der Waals surface area contributed by atoms with Gasteiger partial charge in [-0.2, -0.15) is 0 Å². The van der Waals surface area contributed by atoms with Crippen LogP contribution >= 0.6 is 0 Å². The van der Waals surface area contributed by atoms with Gasteiger partial charge in [-0.3, -0.25) is 4.90 Å². The second-order valence-corrected chi connectivity index (χ2v) is 8.58. The minimum atomic E-state index is -3.38. The first kappa shape index (κ1) is 16.2. The number of aryl methyl sites for hydroxylation is 1. The number of H-pyrrole nitrogens is 1. The molecule has 0 saturated carbocycles. The maximum Gasteiger partial charge on any atom is 0.247 e. The summed E-state index contributed by atoms with van der Waals surface area (Å²) in [6.45, 7) is 4.45. The number of nitrogens with zero attached hydrogens (tertiary/aromatic N) is 3. The average molecular weight is 356 g/mol. The molecular weight excluding hydrogens is 336 g/mol. The van der Waals surface area contributed by atoms with Gasteiger partial charge in [0.25, 0.3) is 0 Å². The van der Waals surface area contributed by atoms with E-state index in [2.05, 4.69) is 51.2 Å². The molecule has 0 saturated heterocycles. The highest BCUT2D eigenvalue weighted by Gasteiger charge is 2.22. The summed E-state index contributed by atoms with van der Waals surface area (Å²) in [7, 11) is -3.38. The summed E-state index contributed by atoms with van der Waals surface area (Å²) in [4.78, 5) is 13.9. The summed E-state index contributed by atoms with van der Waals surface area (Å²) in [6.07, 6.45) is 5.70. The van der Waals surface area contributed by atoms with E-state index in [9.17, 15) is 8.42 Å². The molecule has 0 aliphatic carbocycles. The van der Waals surface area contributed by atoms with Gasteiger partial charge in [-0.15, -0.1) is 0 Å². The molecule has 4 rings (SSSR count). The molecule has 0 spiro atoms. The normalized spacial score (nSPS) is 15.4. The molecule has 1 N–H and O–H groups in total. The molecule has 0 unspecified atom stereocenters. The molecule has 0 radical (unpaired) electrons. The van der Waals surface area contributed by atoms with Crippen molar-refractivity contribution >= 4 is 20.7 Å². The van der Waals surface area contributed by atoms with Gasteiger partial charge in [0.15, 0.2) is 0 Å². The van der Waals surface area contributed by atoms with Gasteiger partial charge in [-0.1, -0.05) is 18.2 Å². The topological polar surface area (TPSA) is 79.0 Å². The van der Waals surface area contributed by atoms with E-state index in [0.717, 1.165) is 37.0 Å². The van der Waals surface area contributed by atoms with E-state index in [1.807, 2.05) is 0 Å². The molecule has 1 aromatic carbocycles. The van der Waals surface area contributed by atoms with Gasteiger partial charge in [-0.25, -0.2) is 18.4 Å². The van der Waals surface area contributed by atoms with E-state index >= 15 is 0 Å². The van der Waals surface area contributed by atoms with Crippen LogP contribution in [0.4, 0.5) is 0 Å². The third kappa shape index (κ3) is 3.05. The van der Waals surface area contributed by atoms with Crippen LogP contribution in [0, 0.1) is 6.92 Å². The zero-order chi connectivity index (χ0) is 17.6. The predicted octanol–water partition coefficient (Wildman–Crippen LogP) is 2.23. The lowest BCUT2D eigenvalue weighted by Crippen LogP contribution is -2.31. The van der Waals surface area contributed by atoms with Gasteiger partial charge in [0.1, 0.15) is 0 Å². The van der Waals surface area contributed by atoms with Crippen LogP contribution in [-0.2, 0) is 29.3 Å². The molecule has 0 fully saturated rings. The molecule has 3 heterocycles. The van der Waals surface area contributed by atoms with Gasteiger partial charge in [0.2, 0.25) is 15.0 Å². The number of fused-ring (bicyclic) bond motifs is 2. The second kappa shape index (κ2) is 5.93. The Morgan fingerprint density at radius 1 is 1.32 bits per heavy atom. The highest BCUT2D eigenvalue weighted by atomic mass is 32.2. The van der Waals surface area contributed by atoms with Crippen LogP contribution in [0.25, 0.3) is 10.9 Å². The Morgan fingerprint density at radius 2 is 2.16 bits per heavy atom. The molecular formula is C18H20N4O2S. The van der Waals surface area contributed by atoms with Crippen molar-refractivity contribution in [3.8, 4) is 0 Å². The smallest absolute Gasteiger partial charge is 0.247 e. The molecule has 130 valence electrons. The second-order valence-electron chi connectivity index (χ2n) is 6.67. The number of para-hydroxylation sites is 1. The highest BCUT2D eigenvalue weighted by Crippen LogP contribution is 2.25. The zero-order valence-corrected chi connectivity index (χ0v) is 15.1. The number of benzene rings is 1. The number of rotatable bonds is 3. The summed E-state index contributed by atoms with van der Waals surface area (Å²) >= 11 is 0. The Balaban J connectivity index is 1.61. The molecule has 1 aliphatic rings. The van der Waals surface area contributed by atoms with Gasteiger partial charge < -0.3 is 4.98 Å². The fourth-order valence-corrected chi connectivity index (χ4v) is 3.91. The Kier molecular flexibility index (Phi) is 3.85. The number of hydrogen-bond acceptors (Lipinski definition) is 5. The third-order valence-corrected chi connectivity index (χ3v) is 5.60. The summed E-state index contributed by atoms with van der Waals surface area (Å²) in [5, 5.41) is 1.15. The standard InChI is InChI=1S/C18H20N4O2S/c1-12-4-3-5-15-14(9-19-17(12)15)10-22-7-6-13-8-20-18(25(2,23)24)21-16(13)11-22/h3-5,8-9,19H,6-7,10-11H2,1-2H3. The minimum absolute atomic E-state index is 0.0872. The van der Waals surface area contributed by atoms with Crippen molar-refractivity contribution < 1.29 is 8.42 Å². The van der Waals surface area contributed by atoms with E-state index in [1.165, 1.54) is 22.0 Å². The first-order valence-corrected chi connectivity index (χ1v) is 10.1. The van der Waals surface area contributed by atoms with Crippen LogP contribution in [0.1, 0.15) is 22.4 Å². The predicted molar refractivity (Wildman–Crippen MR) is 96.0 cm³/mol. The van der Waals surface area contributed by atoms with E-state index in [1.54, 1.807) is 6.20 Å². The molecule has 7 heteroatoms. The van der Waals surface area contributed by atoms with E-state index in [-0.39, 0.29) is 5.16 Å². The third-order valence-electron chi connectivity index (χ3n) is 4.74. The fraction of sp³-hybridized carbons (Fsp3) is 0.333. The lowest BCUT2D eigenvalue weighted by atomic mass is 10.1. The zero-order valence-electron chi connectivity index (χ0n) is 14.3. The molecule has 3 aromatic rings. The van der Waals surface area contributed by atoms with Gasteiger partial charge in [0, 0.05) is 49.2 Å². The Morgan fingerprint density at radius 3 is 2.96 bits per heavy atom. The van der Waals surface area contributed by atoms with Crippen molar-refractivity contribution in [2.75, 3.05) is 12.8 Å². The number of aromatic amines is 1. The van der Waals surface area contributed by atoms with Crippen LogP contribution in [0.3, 0.4) is 0 Å². The van der Waals surface area contributed by atoms with Crippen LogP contribution in [0.15, 0.2) is 35.7 Å². The van der Waals surface area contributed by atoms with E-state index in [4.69, 9.17) is 0 Å². The summed E-state index contributed by atoms with van der Waals surface area (Å²) in [6, 6.07) is 6.31.